The summed E-state index contributed by atoms with van der Waals surface area (Å²) in [5, 5.41) is 10.3. The average Bonchev–Trinajstić information content (AvgIpc) is 2.71. The second-order valence-corrected chi connectivity index (χ2v) is 5.67. The van der Waals surface area contributed by atoms with Crippen LogP contribution in [0.15, 0.2) is 11.8 Å². The Hall–Kier alpha value is 0.200. The van der Waals surface area contributed by atoms with Gasteiger partial charge in [0, 0.05) is 28.9 Å². The molecule has 1 saturated heterocycles. The molecule has 74 valence electrons. The zero-order valence-electron chi connectivity index (χ0n) is 7.44. The van der Waals surface area contributed by atoms with Crippen LogP contribution in [-0.4, -0.2) is 40.3 Å². The van der Waals surface area contributed by atoms with Crippen molar-refractivity contribution in [3.63, 3.8) is 0 Å². The summed E-state index contributed by atoms with van der Waals surface area (Å²) in [6, 6.07) is 0. The largest absolute Gasteiger partial charge is 0.495 e. The van der Waals surface area contributed by atoms with Crippen LogP contribution < -0.4 is 0 Å². The van der Waals surface area contributed by atoms with Crippen molar-refractivity contribution >= 4 is 23.5 Å². The number of hydrogen-bond acceptors (Lipinski definition) is 4. The quantitative estimate of drug-likeness (QED) is 0.760. The van der Waals surface area contributed by atoms with Gasteiger partial charge in [0.2, 0.25) is 0 Å². The van der Waals surface area contributed by atoms with Crippen molar-refractivity contribution in [3.8, 4) is 0 Å². The third-order valence-electron chi connectivity index (χ3n) is 2.22. The van der Waals surface area contributed by atoms with E-state index in [1.807, 2.05) is 29.6 Å². The third kappa shape index (κ3) is 2.36. The maximum absolute atomic E-state index is 9.95. The molecule has 0 radical (unpaired) electrons. The predicted octanol–water partition coefficient (Wildman–Crippen LogP) is 1.50. The van der Waals surface area contributed by atoms with Crippen LogP contribution in [-0.2, 0) is 4.74 Å². The number of hydrogen-bond donors (Lipinski definition) is 1. The molecule has 0 amide bonds. The van der Waals surface area contributed by atoms with Gasteiger partial charge in [-0.3, -0.25) is 0 Å². The SMILES string of the molecule is OC(C1=CCCO1)C1CSCCS1. The third-order valence-corrected chi connectivity index (χ3v) is 5.07. The van der Waals surface area contributed by atoms with Crippen molar-refractivity contribution in [2.75, 3.05) is 23.9 Å². The number of ether oxygens (including phenoxy) is 1. The number of aliphatic hydroxyl groups excluding tert-OH is 1. The maximum Gasteiger partial charge on any atom is 0.123 e. The van der Waals surface area contributed by atoms with Crippen LogP contribution in [0.2, 0.25) is 0 Å². The van der Waals surface area contributed by atoms with Crippen LogP contribution in [0.25, 0.3) is 0 Å². The van der Waals surface area contributed by atoms with Crippen molar-refractivity contribution in [1.82, 2.24) is 0 Å². The molecular weight excluding hydrogens is 204 g/mol. The summed E-state index contributed by atoms with van der Waals surface area (Å²) in [6.07, 6.45) is 2.60. The fourth-order valence-corrected chi connectivity index (χ4v) is 4.24. The van der Waals surface area contributed by atoms with E-state index < -0.39 is 0 Å². The van der Waals surface area contributed by atoms with Gasteiger partial charge in [-0.05, 0) is 6.08 Å². The summed E-state index contributed by atoms with van der Waals surface area (Å²) in [5.41, 5.74) is 0. The van der Waals surface area contributed by atoms with Gasteiger partial charge in [0.25, 0.3) is 0 Å². The topological polar surface area (TPSA) is 29.5 Å². The molecule has 0 aromatic heterocycles. The van der Waals surface area contributed by atoms with Crippen LogP contribution in [0.4, 0.5) is 0 Å². The van der Waals surface area contributed by atoms with Gasteiger partial charge in [-0.1, -0.05) is 0 Å². The highest BCUT2D eigenvalue weighted by molar-refractivity contribution is 8.06. The number of rotatable bonds is 2. The monoisotopic (exact) mass is 218 g/mol. The summed E-state index contributed by atoms with van der Waals surface area (Å²) < 4.78 is 5.36. The molecule has 0 aliphatic carbocycles. The lowest BCUT2D eigenvalue weighted by atomic mass is 10.2. The van der Waals surface area contributed by atoms with Gasteiger partial charge in [-0.2, -0.15) is 23.5 Å². The number of aliphatic hydroxyl groups is 1. The second kappa shape index (κ2) is 4.62. The zero-order chi connectivity index (χ0) is 9.10. The standard InChI is InChI=1S/C9H14O2S2/c10-9(7-2-1-3-11-7)8-6-12-4-5-13-8/h2,8-10H,1,3-6H2. The van der Waals surface area contributed by atoms with E-state index in [4.69, 9.17) is 4.74 Å². The van der Waals surface area contributed by atoms with Gasteiger partial charge < -0.3 is 9.84 Å². The van der Waals surface area contributed by atoms with Crippen LogP contribution in [0, 0.1) is 0 Å². The van der Waals surface area contributed by atoms with Crippen LogP contribution in [0.5, 0.6) is 0 Å². The molecule has 0 saturated carbocycles. The van der Waals surface area contributed by atoms with E-state index in [0.29, 0.717) is 5.25 Å². The summed E-state index contributed by atoms with van der Waals surface area (Å²) in [4.78, 5) is 0. The van der Waals surface area contributed by atoms with Gasteiger partial charge in [0.05, 0.1) is 6.61 Å². The fourth-order valence-electron chi connectivity index (χ4n) is 1.51. The molecule has 2 rings (SSSR count). The van der Waals surface area contributed by atoms with E-state index >= 15 is 0 Å². The molecule has 2 heterocycles. The molecule has 4 heteroatoms. The maximum atomic E-state index is 9.95. The van der Waals surface area contributed by atoms with Gasteiger partial charge in [0.1, 0.15) is 11.9 Å². The summed E-state index contributed by atoms with van der Waals surface area (Å²) in [5.74, 6) is 4.22. The normalized spacial score (nSPS) is 30.8. The molecule has 2 unspecified atom stereocenters. The van der Waals surface area contributed by atoms with E-state index in [0.717, 1.165) is 30.3 Å². The molecule has 1 N–H and O–H groups in total. The smallest absolute Gasteiger partial charge is 0.123 e. The summed E-state index contributed by atoms with van der Waals surface area (Å²) in [6.45, 7) is 0.747. The Morgan fingerprint density at radius 3 is 3.08 bits per heavy atom. The zero-order valence-corrected chi connectivity index (χ0v) is 9.07. The fraction of sp³-hybridized carbons (Fsp3) is 0.778. The van der Waals surface area contributed by atoms with E-state index in [9.17, 15) is 5.11 Å². The van der Waals surface area contributed by atoms with Crippen LogP contribution in [0.1, 0.15) is 6.42 Å². The Balaban J connectivity index is 1.90. The first kappa shape index (κ1) is 9.74. The minimum Gasteiger partial charge on any atom is -0.495 e. The van der Waals surface area contributed by atoms with E-state index in [1.54, 1.807) is 0 Å². The molecule has 2 atom stereocenters. The molecule has 0 aromatic carbocycles. The summed E-state index contributed by atoms with van der Waals surface area (Å²) in [7, 11) is 0. The predicted molar refractivity (Wildman–Crippen MR) is 58.2 cm³/mol. The molecule has 2 nitrogen and oxygen atoms in total. The summed E-state index contributed by atoms with van der Waals surface area (Å²) >= 11 is 3.79. The molecule has 0 bridgehead atoms. The number of thioether (sulfide) groups is 2. The lowest BCUT2D eigenvalue weighted by molar-refractivity contribution is 0.119. The van der Waals surface area contributed by atoms with Crippen molar-refractivity contribution in [2.45, 2.75) is 17.8 Å². The lowest BCUT2D eigenvalue weighted by Crippen LogP contribution is -2.30. The van der Waals surface area contributed by atoms with Crippen molar-refractivity contribution in [2.24, 2.45) is 0 Å². The van der Waals surface area contributed by atoms with Crippen LogP contribution in [0.3, 0.4) is 0 Å². The first-order valence-corrected chi connectivity index (χ1v) is 6.78. The van der Waals surface area contributed by atoms with Gasteiger partial charge in [-0.25, -0.2) is 0 Å². The minimum absolute atomic E-state index is 0.336. The first-order valence-electron chi connectivity index (χ1n) is 4.58. The molecule has 0 spiro atoms. The molecular formula is C9H14O2S2. The first-order chi connectivity index (χ1) is 6.38. The molecule has 2 aliphatic rings. The van der Waals surface area contributed by atoms with E-state index in [-0.39, 0.29) is 6.10 Å². The van der Waals surface area contributed by atoms with Crippen molar-refractivity contribution in [1.29, 1.82) is 0 Å². The molecule has 1 fully saturated rings. The Labute approximate surface area is 87.1 Å². The molecule has 2 aliphatic heterocycles. The van der Waals surface area contributed by atoms with Crippen LogP contribution >= 0.6 is 23.5 Å². The van der Waals surface area contributed by atoms with Crippen molar-refractivity contribution in [3.05, 3.63) is 11.8 Å². The van der Waals surface area contributed by atoms with E-state index in [2.05, 4.69) is 0 Å². The average molecular weight is 218 g/mol. The second-order valence-electron chi connectivity index (χ2n) is 3.17. The molecule has 0 aromatic rings. The van der Waals surface area contributed by atoms with Gasteiger partial charge in [-0.15, -0.1) is 0 Å². The Morgan fingerprint density at radius 1 is 1.54 bits per heavy atom. The highest BCUT2D eigenvalue weighted by atomic mass is 32.2. The Bertz CT molecular complexity index is 200. The molecule has 13 heavy (non-hydrogen) atoms. The highest BCUT2D eigenvalue weighted by Gasteiger charge is 2.27. The Morgan fingerprint density at radius 2 is 2.46 bits per heavy atom. The van der Waals surface area contributed by atoms with Gasteiger partial charge >= 0.3 is 0 Å². The lowest BCUT2D eigenvalue weighted by Gasteiger charge is -2.26. The van der Waals surface area contributed by atoms with Crippen molar-refractivity contribution < 1.29 is 9.84 Å². The minimum atomic E-state index is -0.375. The van der Waals surface area contributed by atoms with E-state index in [1.165, 1.54) is 5.75 Å². The Kier molecular flexibility index (Phi) is 3.46. The van der Waals surface area contributed by atoms with Gasteiger partial charge in [0.15, 0.2) is 0 Å². The highest BCUT2D eigenvalue weighted by Crippen LogP contribution is 2.30.